The van der Waals surface area contributed by atoms with E-state index in [0.29, 0.717) is 6.10 Å². The summed E-state index contributed by atoms with van der Waals surface area (Å²) in [5.74, 6) is 0. The maximum absolute atomic E-state index is 5.28. The van der Waals surface area contributed by atoms with Gasteiger partial charge in [-0.2, -0.15) is 0 Å². The van der Waals surface area contributed by atoms with Crippen molar-refractivity contribution in [2.75, 3.05) is 19.7 Å². The van der Waals surface area contributed by atoms with Crippen LogP contribution in [-0.2, 0) is 4.74 Å². The fraction of sp³-hybridized carbons (Fsp3) is 1.00. The summed E-state index contributed by atoms with van der Waals surface area (Å²) < 4.78 is 5.28. The van der Waals surface area contributed by atoms with Crippen LogP contribution in [0.15, 0.2) is 0 Å². The second kappa shape index (κ2) is 2.51. The molecule has 10 heavy (non-hydrogen) atoms. The van der Waals surface area contributed by atoms with Crippen LogP contribution in [0.5, 0.6) is 0 Å². The Bertz CT molecular complexity index is 122. The Labute approximate surface area is 62.2 Å². The summed E-state index contributed by atoms with van der Waals surface area (Å²) in [7, 11) is 0. The number of epoxide rings is 1. The number of hydrogen-bond donors (Lipinski definition) is 0. The molecule has 58 valence electrons. The Hall–Kier alpha value is -0.0800. The maximum Gasteiger partial charge on any atom is 0.0964 e. The summed E-state index contributed by atoms with van der Waals surface area (Å²) in [6.07, 6.45) is 3.33. The first kappa shape index (κ1) is 6.62. The lowest BCUT2D eigenvalue weighted by atomic mass is 10.1. The minimum atomic E-state index is 0.599. The van der Waals surface area contributed by atoms with Crippen molar-refractivity contribution in [2.45, 2.75) is 31.9 Å². The highest BCUT2D eigenvalue weighted by atomic mass is 16.6. The van der Waals surface area contributed by atoms with Crippen LogP contribution in [0, 0.1) is 0 Å². The first-order valence-electron chi connectivity index (χ1n) is 4.27. The molecular formula is C8H15NO. The molecule has 0 radical (unpaired) electrons. The number of rotatable bonds is 2. The lowest BCUT2D eigenvalue weighted by molar-refractivity contribution is 0.217. The maximum atomic E-state index is 5.28. The van der Waals surface area contributed by atoms with Crippen molar-refractivity contribution in [1.82, 2.24) is 4.90 Å². The predicted octanol–water partition coefficient (Wildman–Crippen LogP) is 0.869. The second-order valence-electron chi connectivity index (χ2n) is 3.21. The van der Waals surface area contributed by atoms with E-state index in [1.54, 1.807) is 0 Å². The van der Waals surface area contributed by atoms with Crippen molar-refractivity contribution in [3.8, 4) is 0 Å². The van der Waals surface area contributed by atoms with Gasteiger partial charge in [0.2, 0.25) is 0 Å². The standard InChI is InChI=1S/C8H15NO/c1-2-9-5-3-4-7(9)8-6-10-8/h7-8H,2-6H2,1H3/t7-,8+/m1/s1. The summed E-state index contributed by atoms with van der Waals surface area (Å²) in [5.41, 5.74) is 0. The van der Waals surface area contributed by atoms with E-state index >= 15 is 0 Å². The van der Waals surface area contributed by atoms with Gasteiger partial charge in [0.1, 0.15) is 0 Å². The van der Waals surface area contributed by atoms with Crippen LogP contribution in [0.4, 0.5) is 0 Å². The molecule has 0 aliphatic carbocycles. The van der Waals surface area contributed by atoms with Gasteiger partial charge in [-0.15, -0.1) is 0 Å². The molecule has 2 heteroatoms. The Morgan fingerprint density at radius 3 is 3.00 bits per heavy atom. The van der Waals surface area contributed by atoms with Crippen LogP contribution in [0.2, 0.25) is 0 Å². The van der Waals surface area contributed by atoms with Crippen LogP contribution in [0.3, 0.4) is 0 Å². The van der Waals surface area contributed by atoms with Gasteiger partial charge in [-0.3, -0.25) is 4.90 Å². The topological polar surface area (TPSA) is 15.8 Å². The zero-order valence-electron chi connectivity index (χ0n) is 6.55. The summed E-state index contributed by atoms with van der Waals surface area (Å²) in [6, 6.07) is 0.769. The third kappa shape index (κ3) is 1.06. The van der Waals surface area contributed by atoms with Gasteiger partial charge in [-0.1, -0.05) is 6.92 Å². The average molecular weight is 141 g/mol. The first-order chi connectivity index (χ1) is 4.92. The van der Waals surface area contributed by atoms with E-state index in [1.807, 2.05) is 0 Å². The largest absolute Gasteiger partial charge is 0.371 e. The Morgan fingerprint density at radius 1 is 1.60 bits per heavy atom. The smallest absolute Gasteiger partial charge is 0.0964 e. The number of nitrogens with zero attached hydrogens (tertiary/aromatic N) is 1. The van der Waals surface area contributed by atoms with Crippen molar-refractivity contribution >= 4 is 0 Å². The van der Waals surface area contributed by atoms with Gasteiger partial charge in [-0.25, -0.2) is 0 Å². The zero-order valence-corrected chi connectivity index (χ0v) is 6.55. The fourth-order valence-corrected chi connectivity index (χ4v) is 1.94. The van der Waals surface area contributed by atoms with Crippen LogP contribution < -0.4 is 0 Å². The molecule has 0 spiro atoms. The average Bonchev–Trinajstić information content (AvgIpc) is 2.69. The summed E-state index contributed by atoms with van der Waals surface area (Å²) in [5, 5.41) is 0. The van der Waals surface area contributed by atoms with E-state index in [-0.39, 0.29) is 0 Å². The summed E-state index contributed by atoms with van der Waals surface area (Å²) in [4.78, 5) is 2.54. The molecule has 2 heterocycles. The van der Waals surface area contributed by atoms with Gasteiger partial charge in [0.25, 0.3) is 0 Å². The van der Waals surface area contributed by atoms with Gasteiger partial charge < -0.3 is 4.74 Å². The molecule has 2 atom stereocenters. The highest BCUT2D eigenvalue weighted by Crippen LogP contribution is 2.27. The van der Waals surface area contributed by atoms with E-state index < -0.39 is 0 Å². The Kier molecular flexibility index (Phi) is 1.66. The van der Waals surface area contributed by atoms with E-state index in [1.165, 1.54) is 25.9 Å². The lowest BCUT2D eigenvalue weighted by Crippen LogP contribution is -2.33. The van der Waals surface area contributed by atoms with Crippen molar-refractivity contribution in [3.63, 3.8) is 0 Å². The highest BCUT2D eigenvalue weighted by Gasteiger charge is 2.38. The quantitative estimate of drug-likeness (QED) is 0.530. The molecule has 0 aromatic rings. The fourth-order valence-electron chi connectivity index (χ4n) is 1.94. The van der Waals surface area contributed by atoms with Crippen molar-refractivity contribution in [1.29, 1.82) is 0 Å². The molecule has 0 N–H and O–H groups in total. The molecule has 2 aliphatic rings. The van der Waals surface area contributed by atoms with Gasteiger partial charge in [0.15, 0.2) is 0 Å². The predicted molar refractivity (Wildman–Crippen MR) is 40.0 cm³/mol. The zero-order chi connectivity index (χ0) is 6.97. The lowest BCUT2D eigenvalue weighted by Gasteiger charge is -2.20. The number of likely N-dealkylation sites (N-methyl/N-ethyl adjacent to an activating group) is 1. The third-order valence-corrected chi connectivity index (χ3v) is 2.61. The van der Waals surface area contributed by atoms with Crippen molar-refractivity contribution in [3.05, 3.63) is 0 Å². The molecule has 2 nitrogen and oxygen atoms in total. The molecule has 0 saturated carbocycles. The monoisotopic (exact) mass is 141 g/mol. The van der Waals surface area contributed by atoms with Crippen LogP contribution in [0.1, 0.15) is 19.8 Å². The molecule has 2 aliphatic heterocycles. The number of hydrogen-bond acceptors (Lipinski definition) is 2. The molecule has 0 amide bonds. The summed E-state index contributed by atoms with van der Waals surface area (Å²) >= 11 is 0. The van der Waals surface area contributed by atoms with Crippen molar-refractivity contribution in [2.24, 2.45) is 0 Å². The minimum Gasteiger partial charge on any atom is -0.371 e. The molecule has 0 bridgehead atoms. The minimum absolute atomic E-state index is 0.599. The molecular weight excluding hydrogens is 126 g/mol. The molecule has 0 unspecified atom stereocenters. The summed E-state index contributed by atoms with van der Waals surface area (Å²) in [6.45, 7) is 5.74. The van der Waals surface area contributed by atoms with E-state index in [2.05, 4.69) is 11.8 Å². The Balaban J connectivity index is 1.91. The SMILES string of the molecule is CCN1CCC[C@@H]1[C@@H]1CO1. The van der Waals surface area contributed by atoms with E-state index in [0.717, 1.165) is 12.6 Å². The van der Waals surface area contributed by atoms with E-state index in [9.17, 15) is 0 Å². The van der Waals surface area contributed by atoms with Crippen LogP contribution in [-0.4, -0.2) is 36.7 Å². The van der Waals surface area contributed by atoms with Gasteiger partial charge in [-0.05, 0) is 25.9 Å². The third-order valence-electron chi connectivity index (χ3n) is 2.61. The van der Waals surface area contributed by atoms with Crippen LogP contribution >= 0.6 is 0 Å². The van der Waals surface area contributed by atoms with Crippen molar-refractivity contribution < 1.29 is 4.74 Å². The van der Waals surface area contributed by atoms with E-state index in [4.69, 9.17) is 4.74 Å². The number of likely N-dealkylation sites (tertiary alicyclic amines) is 1. The molecule has 2 fully saturated rings. The molecule has 2 saturated heterocycles. The van der Waals surface area contributed by atoms with Crippen LogP contribution in [0.25, 0.3) is 0 Å². The molecule has 2 rings (SSSR count). The second-order valence-corrected chi connectivity index (χ2v) is 3.21. The number of ether oxygens (including phenoxy) is 1. The molecule has 0 aromatic heterocycles. The highest BCUT2D eigenvalue weighted by molar-refractivity contribution is 4.90. The van der Waals surface area contributed by atoms with Gasteiger partial charge in [0.05, 0.1) is 12.7 Å². The Morgan fingerprint density at radius 2 is 2.40 bits per heavy atom. The first-order valence-corrected chi connectivity index (χ1v) is 4.27. The van der Waals surface area contributed by atoms with Gasteiger partial charge in [0, 0.05) is 6.04 Å². The molecule has 0 aromatic carbocycles. The van der Waals surface area contributed by atoms with Gasteiger partial charge >= 0.3 is 0 Å². The normalized spacial score (nSPS) is 40.5.